The third-order valence-corrected chi connectivity index (χ3v) is 1.52. The molecule has 8 heavy (non-hydrogen) atoms. The van der Waals surface area contributed by atoms with E-state index in [1.807, 2.05) is 22.6 Å². The summed E-state index contributed by atoms with van der Waals surface area (Å²) in [4.78, 5) is 0. The highest BCUT2D eigenvalue weighted by molar-refractivity contribution is 14.1. The molecule has 0 radical (unpaired) electrons. The maximum absolute atomic E-state index is 12.1. The van der Waals surface area contributed by atoms with Crippen LogP contribution in [0, 0.1) is 0 Å². The average molecular weight is 234 g/mol. The SMILES string of the molecule is CCC(F)(F)CCI. The van der Waals surface area contributed by atoms with Crippen molar-refractivity contribution in [1.82, 2.24) is 0 Å². The fourth-order valence-electron chi connectivity index (χ4n) is 0.315. The topological polar surface area (TPSA) is 0 Å². The average Bonchev–Trinajstić information content (AvgIpc) is 1.67. The third-order valence-electron chi connectivity index (χ3n) is 0.978. The monoisotopic (exact) mass is 234 g/mol. The number of alkyl halides is 3. The fraction of sp³-hybridized carbons (Fsp3) is 1.00. The largest absolute Gasteiger partial charge is 0.248 e. The van der Waals surface area contributed by atoms with Crippen LogP contribution < -0.4 is 0 Å². The van der Waals surface area contributed by atoms with Crippen LogP contribution in [0.25, 0.3) is 0 Å². The summed E-state index contributed by atoms with van der Waals surface area (Å²) in [7, 11) is 0. The molecule has 50 valence electrons. The maximum Gasteiger partial charge on any atom is 0.248 e. The van der Waals surface area contributed by atoms with E-state index < -0.39 is 5.92 Å². The Morgan fingerprint density at radius 3 is 2.12 bits per heavy atom. The molecule has 0 heterocycles. The zero-order chi connectivity index (χ0) is 6.62. The van der Waals surface area contributed by atoms with Crippen molar-refractivity contribution in [3.63, 3.8) is 0 Å². The lowest BCUT2D eigenvalue weighted by atomic mass is 10.2. The molecule has 0 spiro atoms. The molecule has 0 bridgehead atoms. The maximum atomic E-state index is 12.1. The molecule has 0 aromatic rings. The van der Waals surface area contributed by atoms with Gasteiger partial charge in [0.1, 0.15) is 0 Å². The van der Waals surface area contributed by atoms with Crippen molar-refractivity contribution < 1.29 is 8.78 Å². The van der Waals surface area contributed by atoms with E-state index in [0.717, 1.165) is 0 Å². The summed E-state index contributed by atoms with van der Waals surface area (Å²) in [6.45, 7) is 1.51. The first-order valence-electron chi connectivity index (χ1n) is 2.56. The Kier molecular flexibility index (Phi) is 3.85. The van der Waals surface area contributed by atoms with E-state index in [4.69, 9.17) is 0 Å². The van der Waals surface area contributed by atoms with E-state index in [1.54, 1.807) is 0 Å². The van der Waals surface area contributed by atoms with Crippen molar-refractivity contribution >= 4 is 22.6 Å². The van der Waals surface area contributed by atoms with Crippen molar-refractivity contribution in [2.24, 2.45) is 0 Å². The molecule has 0 nitrogen and oxygen atoms in total. The molecule has 0 rings (SSSR count). The summed E-state index contributed by atoms with van der Waals surface area (Å²) in [5.74, 6) is -2.42. The van der Waals surface area contributed by atoms with E-state index in [1.165, 1.54) is 6.92 Å². The van der Waals surface area contributed by atoms with Gasteiger partial charge in [0.15, 0.2) is 0 Å². The smallest absolute Gasteiger partial charge is 0.207 e. The van der Waals surface area contributed by atoms with Crippen molar-refractivity contribution in [2.75, 3.05) is 4.43 Å². The van der Waals surface area contributed by atoms with Gasteiger partial charge in [-0.3, -0.25) is 0 Å². The van der Waals surface area contributed by atoms with Crippen LogP contribution in [0.5, 0.6) is 0 Å². The van der Waals surface area contributed by atoms with Crippen LogP contribution in [0.1, 0.15) is 19.8 Å². The van der Waals surface area contributed by atoms with Gasteiger partial charge in [-0.25, -0.2) is 8.78 Å². The van der Waals surface area contributed by atoms with Crippen LogP contribution >= 0.6 is 22.6 Å². The highest BCUT2D eigenvalue weighted by Gasteiger charge is 2.24. The molecule has 0 aromatic carbocycles. The molecular weight excluding hydrogens is 225 g/mol. The molecule has 0 aliphatic heterocycles. The zero-order valence-corrected chi connectivity index (χ0v) is 6.91. The van der Waals surface area contributed by atoms with Gasteiger partial charge in [-0.1, -0.05) is 29.5 Å². The Morgan fingerprint density at radius 2 is 2.00 bits per heavy atom. The summed E-state index contributed by atoms with van der Waals surface area (Å²) >= 11 is 1.96. The number of halogens is 3. The van der Waals surface area contributed by atoms with Gasteiger partial charge in [0, 0.05) is 17.3 Å². The van der Waals surface area contributed by atoms with Gasteiger partial charge in [0.05, 0.1) is 0 Å². The number of hydrogen-bond acceptors (Lipinski definition) is 0. The molecular formula is C5H9F2I. The molecule has 3 heteroatoms. The second-order valence-electron chi connectivity index (χ2n) is 1.65. The summed E-state index contributed by atoms with van der Waals surface area (Å²) < 4.78 is 24.8. The van der Waals surface area contributed by atoms with Gasteiger partial charge in [-0.2, -0.15) is 0 Å². The van der Waals surface area contributed by atoms with Gasteiger partial charge in [-0.15, -0.1) is 0 Å². The molecule has 0 aliphatic carbocycles. The van der Waals surface area contributed by atoms with Crippen LogP contribution in [-0.4, -0.2) is 10.4 Å². The van der Waals surface area contributed by atoms with Gasteiger partial charge >= 0.3 is 0 Å². The molecule has 0 aliphatic rings. The van der Waals surface area contributed by atoms with Gasteiger partial charge < -0.3 is 0 Å². The summed E-state index contributed by atoms with van der Waals surface area (Å²) in [5, 5.41) is 0. The Hall–Kier alpha value is 0.590. The van der Waals surface area contributed by atoms with Crippen LogP contribution in [0.4, 0.5) is 8.78 Å². The van der Waals surface area contributed by atoms with E-state index in [0.29, 0.717) is 4.43 Å². The number of rotatable bonds is 3. The third kappa shape index (κ3) is 3.57. The summed E-state index contributed by atoms with van der Waals surface area (Å²) in [6.07, 6.45) is -0.0138. The normalized spacial score (nSPS) is 12.0. The highest BCUT2D eigenvalue weighted by Crippen LogP contribution is 2.22. The van der Waals surface area contributed by atoms with E-state index >= 15 is 0 Å². The van der Waals surface area contributed by atoms with E-state index in [-0.39, 0.29) is 12.8 Å². The molecule has 0 N–H and O–H groups in total. The first kappa shape index (κ1) is 8.59. The Morgan fingerprint density at radius 1 is 1.50 bits per heavy atom. The predicted molar refractivity (Wildman–Crippen MR) is 38.7 cm³/mol. The molecule has 0 aromatic heterocycles. The fourth-order valence-corrected chi connectivity index (χ4v) is 1.10. The minimum absolute atomic E-state index is 0.0179. The van der Waals surface area contributed by atoms with Crippen molar-refractivity contribution in [3.8, 4) is 0 Å². The second-order valence-corrected chi connectivity index (χ2v) is 2.73. The van der Waals surface area contributed by atoms with Gasteiger partial charge in [-0.05, 0) is 0 Å². The van der Waals surface area contributed by atoms with Crippen LogP contribution in [0.15, 0.2) is 0 Å². The Balaban J connectivity index is 3.37. The zero-order valence-electron chi connectivity index (χ0n) is 4.76. The molecule has 0 saturated heterocycles. The lowest BCUT2D eigenvalue weighted by Gasteiger charge is -2.10. The van der Waals surface area contributed by atoms with Crippen LogP contribution in [0.2, 0.25) is 0 Å². The number of hydrogen-bond donors (Lipinski definition) is 0. The lowest BCUT2D eigenvalue weighted by Crippen LogP contribution is -2.13. The van der Waals surface area contributed by atoms with Gasteiger partial charge in [0.2, 0.25) is 5.92 Å². The minimum atomic E-state index is -2.42. The quantitative estimate of drug-likeness (QED) is 0.520. The first-order valence-corrected chi connectivity index (χ1v) is 4.09. The standard InChI is InChI=1S/C5H9F2I/c1-2-5(6,7)3-4-8/h2-4H2,1H3. The minimum Gasteiger partial charge on any atom is -0.207 e. The second kappa shape index (κ2) is 3.58. The van der Waals surface area contributed by atoms with Crippen molar-refractivity contribution in [1.29, 1.82) is 0 Å². The molecule has 0 amide bonds. The molecule has 0 unspecified atom stereocenters. The van der Waals surface area contributed by atoms with Crippen LogP contribution in [-0.2, 0) is 0 Å². The molecule has 0 fully saturated rings. The summed E-state index contributed by atoms with van der Waals surface area (Å²) in [5.41, 5.74) is 0. The van der Waals surface area contributed by atoms with Crippen molar-refractivity contribution in [3.05, 3.63) is 0 Å². The highest BCUT2D eigenvalue weighted by atomic mass is 127. The van der Waals surface area contributed by atoms with Crippen LogP contribution in [0.3, 0.4) is 0 Å². The summed E-state index contributed by atoms with van der Waals surface area (Å²) in [6, 6.07) is 0. The predicted octanol–water partition coefficient (Wildman–Crippen LogP) is 2.86. The molecule has 0 atom stereocenters. The van der Waals surface area contributed by atoms with E-state index in [2.05, 4.69) is 0 Å². The Labute approximate surface area is 61.8 Å². The molecule has 0 saturated carbocycles. The Bertz CT molecular complexity index is 63.4. The van der Waals surface area contributed by atoms with E-state index in [9.17, 15) is 8.78 Å². The first-order chi connectivity index (χ1) is 3.62. The van der Waals surface area contributed by atoms with Crippen molar-refractivity contribution in [2.45, 2.75) is 25.7 Å². The van der Waals surface area contributed by atoms with Gasteiger partial charge in [0.25, 0.3) is 0 Å². The lowest BCUT2D eigenvalue weighted by molar-refractivity contribution is -0.00456.